The van der Waals surface area contributed by atoms with Crippen molar-refractivity contribution in [1.29, 1.82) is 0 Å². The van der Waals surface area contributed by atoms with Crippen LogP contribution in [0.5, 0.6) is 0 Å². The van der Waals surface area contributed by atoms with Crippen molar-refractivity contribution in [3.63, 3.8) is 0 Å². The van der Waals surface area contributed by atoms with Crippen LogP contribution in [0.15, 0.2) is 0 Å². The molecule has 192 valence electrons. The average Bonchev–Trinajstić information content (AvgIpc) is 2.70. The topological polar surface area (TPSA) is 268 Å². The minimum absolute atomic E-state index is 0.257. The van der Waals surface area contributed by atoms with Gasteiger partial charge in [0, 0.05) is 12.8 Å². The summed E-state index contributed by atoms with van der Waals surface area (Å²) in [4.78, 5) is 81.8. The first-order valence-corrected chi connectivity index (χ1v) is 10.3. The van der Waals surface area contributed by atoms with Crippen molar-refractivity contribution >= 4 is 41.5 Å². The fraction of sp³-hybridized carbons (Fsp3) is 0.632. The number of aliphatic carboxylic acids is 3. The summed E-state index contributed by atoms with van der Waals surface area (Å²) in [5.74, 6) is -8.42. The highest BCUT2D eigenvalue weighted by Gasteiger charge is 2.32. The number of nitrogens with one attached hydrogen (secondary N) is 3. The Hall–Kier alpha value is -3.75. The van der Waals surface area contributed by atoms with E-state index in [1.54, 1.807) is 0 Å². The highest BCUT2D eigenvalue weighted by molar-refractivity contribution is 5.96. The van der Waals surface area contributed by atoms with Gasteiger partial charge >= 0.3 is 17.9 Å². The van der Waals surface area contributed by atoms with Gasteiger partial charge in [0.1, 0.15) is 18.1 Å². The molecule has 10 N–H and O–H groups in total. The van der Waals surface area contributed by atoms with E-state index in [2.05, 4.69) is 16.0 Å². The quantitative estimate of drug-likeness (QED) is 0.109. The molecule has 0 rings (SSSR count). The van der Waals surface area contributed by atoms with Gasteiger partial charge in [0.15, 0.2) is 0 Å². The molecule has 0 radical (unpaired) electrons. The molecule has 0 fully saturated rings. The van der Waals surface area contributed by atoms with Crippen LogP contribution < -0.4 is 27.4 Å². The van der Waals surface area contributed by atoms with Gasteiger partial charge in [0.2, 0.25) is 23.6 Å². The zero-order valence-corrected chi connectivity index (χ0v) is 18.8. The molecule has 0 saturated heterocycles. The van der Waals surface area contributed by atoms with Crippen molar-refractivity contribution in [2.75, 3.05) is 0 Å². The predicted octanol–water partition coefficient (Wildman–Crippen LogP) is -2.89. The van der Waals surface area contributed by atoms with Crippen molar-refractivity contribution in [1.82, 2.24) is 16.0 Å². The second kappa shape index (κ2) is 14.4. The summed E-state index contributed by atoms with van der Waals surface area (Å²) in [5.41, 5.74) is 10.7. The van der Waals surface area contributed by atoms with Crippen LogP contribution in [0.3, 0.4) is 0 Å². The first-order valence-electron chi connectivity index (χ1n) is 10.3. The fourth-order valence-corrected chi connectivity index (χ4v) is 2.68. The molecule has 0 aliphatic heterocycles. The van der Waals surface area contributed by atoms with E-state index in [1.165, 1.54) is 13.8 Å². The Labute approximate surface area is 194 Å². The van der Waals surface area contributed by atoms with E-state index in [9.17, 15) is 38.7 Å². The zero-order chi connectivity index (χ0) is 26.6. The molecule has 0 aromatic heterocycles. The first-order chi connectivity index (χ1) is 15.6. The standard InChI is InChI=1S/C19H31N5O10/c1-8(2)15(19(33)34)24-18(32)11(7-12(21)25)23-17(31)10(4-6-14(28)29)22-16(30)9(20)3-5-13(26)27/h8-11,15H,3-7,20H2,1-2H3,(H2,21,25)(H,22,30)(H,23,31)(H,24,32)(H,26,27)(H,28,29)(H,33,34). The zero-order valence-electron chi connectivity index (χ0n) is 18.8. The van der Waals surface area contributed by atoms with Crippen molar-refractivity contribution < 1.29 is 48.9 Å². The summed E-state index contributed by atoms with van der Waals surface area (Å²) < 4.78 is 0. The molecule has 4 amide bonds. The molecule has 0 aromatic rings. The molecule has 4 unspecified atom stereocenters. The van der Waals surface area contributed by atoms with Crippen LogP contribution in [0.25, 0.3) is 0 Å². The first kappa shape index (κ1) is 30.2. The van der Waals surface area contributed by atoms with E-state index >= 15 is 0 Å². The predicted molar refractivity (Wildman–Crippen MR) is 114 cm³/mol. The lowest BCUT2D eigenvalue weighted by Gasteiger charge is -2.25. The number of primary amides is 1. The molecular weight excluding hydrogens is 458 g/mol. The number of hydrogen-bond acceptors (Lipinski definition) is 8. The Kier molecular flexibility index (Phi) is 12.8. The Morgan fingerprint density at radius 3 is 1.65 bits per heavy atom. The number of carboxylic acids is 3. The Morgan fingerprint density at radius 1 is 0.735 bits per heavy atom. The Balaban J connectivity index is 5.56. The number of carbonyl (C=O) groups is 7. The van der Waals surface area contributed by atoms with Crippen LogP contribution >= 0.6 is 0 Å². The number of carboxylic acid groups (broad SMARTS) is 3. The smallest absolute Gasteiger partial charge is 0.326 e. The number of rotatable bonds is 16. The van der Waals surface area contributed by atoms with Crippen molar-refractivity contribution in [2.45, 2.75) is 70.1 Å². The van der Waals surface area contributed by atoms with Crippen molar-refractivity contribution in [3.05, 3.63) is 0 Å². The minimum atomic E-state index is -1.62. The molecule has 0 bridgehead atoms. The molecule has 0 aliphatic rings. The SMILES string of the molecule is CC(C)C(NC(=O)C(CC(N)=O)NC(=O)C(CCC(=O)O)NC(=O)C(N)CCC(=O)O)C(=O)O. The lowest BCUT2D eigenvalue weighted by molar-refractivity contribution is -0.143. The van der Waals surface area contributed by atoms with Gasteiger partial charge in [0.25, 0.3) is 0 Å². The third-order valence-corrected chi connectivity index (χ3v) is 4.55. The van der Waals surface area contributed by atoms with Crippen LogP contribution in [0.2, 0.25) is 0 Å². The molecular formula is C19H31N5O10. The molecule has 34 heavy (non-hydrogen) atoms. The summed E-state index contributed by atoms with van der Waals surface area (Å²) in [6, 6.07) is -5.78. The lowest BCUT2D eigenvalue weighted by atomic mass is 10.0. The van der Waals surface area contributed by atoms with Crippen LogP contribution in [-0.4, -0.2) is 81.0 Å². The number of hydrogen-bond donors (Lipinski definition) is 8. The molecule has 0 heterocycles. The normalized spacial score (nSPS) is 14.2. The van der Waals surface area contributed by atoms with Gasteiger partial charge in [-0.05, 0) is 18.8 Å². The molecule has 15 nitrogen and oxygen atoms in total. The Bertz CT molecular complexity index is 800. The fourth-order valence-electron chi connectivity index (χ4n) is 2.68. The van der Waals surface area contributed by atoms with Gasteiger partial charge < -0.3 is 42.7 Å². The van der Waals surface area contributed by atoms with E-state index in [0.717, 1.165) is 0 Å². The second-order valence-corrected chi connectivity index (χ2v) is 7.83. The maximum absolute atomic E-state index is 12.7. The van der Waals surface area contributed by atoms with Gasteiger partial charge in [-0.25, -0.2) is 4.79 Å². The summed E-state index contributed by atoms with van der Waals surface area (Å²) in [5, 5.41) is 33.4. The third kappa shape index (κ3) is 11.8. The van der Waals surface area contributed by atoms with Gasteiger partial charge in [-0.2, -0.15) is 0 Å². The van der Waals surface area contributed by atoms with Gasteiger partial charge in [-0.3, -0.25) is 28.8 Å². The highest BCUT2D eigenvalue weighted by atomic mass is 16.4. The molecule has 0 aromatic carbocycles. The van der Waals surface area contributed by atoms with E-state index in [0.29, 0.717) is 0 Å². The van der Waals surface area contributed by atoms with E-state index < -0.39 is 97.3 Å². The maximum Gasteiger partial charge on any atom is 0.326 e. The van der Waals surface area contributed by atoms with Crippen molar-refractivity contribution in [3.8, 4) is 0 Å². The number of carbonyl (C=O) groups excluding carboxylic acids is 4. The van der Waals surface area contributed by atoms with Crippen molar-refractivity contribution in [2.24, 2.45) is 17.4 Å². The number of nitrogens with two attached hydrogens (primary N) is 2. The average molecular weight is 489 g/mol. The molecule has 0 spiro atoms. The molecule has 0 saturated carbocycles. The third-order valence-electron chi connectivity index (χ3n) is 4.55. The summed E-state index contributed by atoms with van der Waals surface area (Å²) in [6.07, 6.45) is -2.38. The summed E-state index contributed by atoms with van der Waals surface area (Å²) in [6.45, 7) is 3.04. The monoisotopic (exact) mass is 489 g/mol. The molecule has 0 aliphatic carbocycles. The lowest BCUT2D eigenvalue weighted by Crippen LogP contribution is -2.58. The molecule has 4 atom stereocenters. The summed E-state index contributed by atoms with van der Waals surface area (Å²) in [7, 11) is 0. The number of amides is 4. The highest BCUT2D eigenvalue weighted by Crippen LogP contribution is 2.06. The van der Waals surface area contributed by atoms with Crippen LogP contribution in [0, 0.1) is 5.92 Å². The van der Waals surface area contributed by atoms with E-state index in [-0.39, 0.29) is 6.42 Å². The minimum Gasteiger partial charge on any atom is -0.481 e. The van der Waals surface area contributed by atoms with E-state index in [4.69, 9.17) is 21.7 Å². The largest absolute Gasteiger partial charge is 0.481 e. The Morgan fingerprint density at radius 2 is 1.21 bits per heavy atom. The van der Waals surface area contributed by atoms with Crippen LogP contribution in [0.4, 0.5) is 0 Å². The van der Waals surface area contributed by atoms with E-state index in [1.807, 2.05) is 0 Å². The van der Waals surface area contributed by atoms with Gasteiger partial charge in [-0.15, -0.1) is 0 Å². The second-order valence-electron chi connectivity index (χ2n) is 7.83. The van der Waals surface area contributed by atoms with Gasteiger partial charge in [0.05, 0.1) is 12.5 Å². The van der Waals surface area contributed by atoms with Crippen LogP contribution in [-0.2, 0) is 33.6 Å². The van der Waals surface area contributed by atoms with Gasteiger partial charge in [-0.1, -0.05) is 13.8 Å². The maximum atomic E-state index is 12.7. The van der Waals surface area contributed by atoms with Crippen LogP contribution in [0.1, 0.15) is 46.0 Å². The summed E-state index contributed by atoms with van der Waals surface area (Å²) >= 11 is 0. The molecule has 15 heteroatoms.